The molecule has 0 spiro atoms. The molecule has 2 heterocycles. The van der Waals surface area contributed by atoms with E-state index in [0.29, 0.717) is 33.7 Å². The van der Waals surface area contributed by atoms with E-state index in [4.69, 9.17) is 0 Å². The fourth-order valence-electron chi connectivity index (χ4n) is 3.19. The van der Waals surface area contributed by atoms with Crippen LogP contribution in [-0.2, 0) is 11.0 Å². The Kier molecular flexibility index (Phi) is 6.24. The van der Waals surface area contributed by atoms with Crippen LogP contribution in [0.25, 0.3) is 22.5 Å². The predicted octanol–water partition coefficient (Wildman–Crippen LogP) is 6.27. The van der Waals surface area contributed by atoms with Gasteiger partial charge in [0.15, 0.2) is 0 Å². The molecule has 160 valence electrons. The van der Waals surface area contributed by atoms with Crippen molar-refractivity contribution in [2.75, 3.05) is 0 Å². The maximum atomic E-state index is 12.9. The highest BCUT2D eigenvalue weighted by atomic mass is 19.4. The average molecular weight is 426 g/mol. The summed E-state index contributed by atoms with van der Waals surface area (Å²) in [6, 6.07) is 11.6. The molecule has 2 aromatic heterocycles. The third-order valence-electron chi connectivity index (χ3n) is 4.82. The van der Waals surface area contributed by atoms with Gasteiger partial charge in [0.2, 0.25) is 0 Å². The number of pyridine rings is 2. The molecule has 0 fully saturated rings. The molecule has 4 nitrogen and oxygen atoms in total. The van der Waals surface area contributed by atoms with Crippen LogP contribution in [0.1, 0.15) is 36.1 Å². The Morgan fingerprint density at radius 3 is 2.13 bits per heavy atom. The van der Waals surface area contributed by atoms with E-state index in [1.165, 1.54) is 12.1 Å². The molecule has 0 bridgehead atoms. The summed E-state index contributed by atoms with van der Waals surface area (Å²) in [5, 5.41) is 9.76. The van der Waals surface area contributed by atoms with Gasteiger partial charge in [-0.1, -0.05) is 17.7 Å². The van der Waals surface area contributed by atoms with Gasteiger partial charge in [-0.3, -0.25) is 9.78 Å². The maximum Gasteiger partial charge on any atom is 0.416 e. The summed E-state index contributed by atoms with van der Waals surface area (Å²) in [4.78, 5) is 20.8. The summed E-state index contributed by atoms with van der Waals surface area (Å²) in [6.45, 7) is 7.40. The summed E-state index contributed by atoms with van der Waals surface area (Å²) < 4.78 is 38.8. The lowest BCUT2D eigenvalue weighted by molar-refractivity contribution is -0.139. The molecule has 3 rings (SSSR count). The highest BCUT2D eigenvalue weighted by molar-refractivity contribution is 5.78. The Morgan fingerprint density at radius 2 is 1.65 bits per heavy atom. The Morgan fingerprint density at radius 1 is 1.06 bits per heavy atom. The minimum atomic E-state index is -4.44. The van der Waals surface area contributed by atoms with Crippen molar-refractivity contribution >= 4 is 5.97 Å². The van der Waals surface area contributed by atoms with Crippen LogP contribution in [-0.4, -0.2) is 21.0 Å². The molecule has 0 aliphatic carbocycles. The molecule has 3 aromatic rings. The lowest BCUT2D eigenvalue weighted by Crippen LogP contribution is -2.13. The lowest BCUT2D eigenvalue weighted by Gasteiger charge is -2.16. The van der Waals surface area contributed by atoms with Gasteiger partial charge >= 0.3 is 12.1 Å². The molecule has 7 heteroatoms. The normalized spacial score (nSPS) is 12.4. The smallest absolute Gasteiger partial charge is 0.416 e. The number of hydrogen-bond donors (Lipinski definition) is 1. The summed E-state index contributed by atoms with van der Waals surface area (Å²) in [7, 11) is 0. The first kappa shape index (κ1) is 22.2. The van der Waals surface area contributed by atoms with Crippen molar-refractivity contribution in [3.63, 3.8) is 0 Å². The van der Waals surface area contributed by atoms with Crippen molar-refractivity contribution in [3.8, 4) is 22.5 Å². The second kappa shape index (κ2) is 8.71. The minimum absolute atomic E-state index is 0.234. The molecule has 0 amide bonds. The van der Waals surface area contributed by atoms with E-state index >= 15 is 0 Å². The van der Waals surface area contributed by atoms with Crippen LogP contribution in [0.15, 0.2) is 66.9 Å². The van der Waals surface area contributed by atoms with Crippen molar-refractivity contribution in [2.24, 2.45) is 0 Å². The van der Waals surface area contributed by atoms with Gasteiger partial charge in [0.1, 0.15) is 0 Å². The largest absolute Gasteiger partial charge is 0.481 e. The van der Waals surface area contributed by atoms with E-state index in [0.717, 1.165) is 17.8 Å². The van der Waals surface area contributed by atoms with Gasteiger partial charge in [0.25, 0.3) is 0 Å². The molecular weight excluding hydrogens is 405 g/mol. The third-order valence-corrected chi connectivity index (χ3v) is 4.82. The van der Waals surface area contributed by atoms with Gasteiger partial charge in [-0.25, -0.2) is 4.98 Å². The second-order valence-corrected chi connectivity index (χ2v) is 7.49. The molecule has 1 N–H and O–H groups in total. The van der Waals surface area contributed by atoms with Crippen molar-refractivity contribution < 1.29 is 23.1 Å². The van der Waals surface area contributed by atoms with Crippen LogP contribution in [0.4, 0.5) is 13.2 Å². The Hall–Kier alpha value is -3.48. The number of aromatic nitrogens is 2. The number of carboxylic acids is 1. The second-order valence-electron chi connectivity index (χ2n) is 7.49. The van der Waals surface area contributed by atoms with Crippen LogP contribution in [0.2, 0.25) is 0 Å². The molecule has 31 heavy (non-hydrogen) atoms. The minimum Gasteiger partial charge on any atom is -0.481 e. The van der Waals surface area contributed by atoms with Gasteiger partial charge in [-0.15, -0.1) is 6.58 Å². The summed E-state index contributed by atoms with van der Waals surface area (Å²) in [5.41, 5.74) is 3.27. The first-order valence-corrected chi connectivity index (χ1v) is 9.54. The molecule has 1 atom stereocenters. The molecule has 0 aliphatic heterocycles. The van der Waals surface area contributed by atoms with E-state index in [1.54, 1.807) is 25.3 Å². The number of aliphatic carboxylic acids is 1. The zero-order valence-corrected chi connectivity index (χ0v) is 17.1. The van der Waals surface area contributed by atoms with Crippen LogP contribution < -0.4 is 0 Å². The highest BCUT2D eigenvalue weighted by Gasteiger charge is 2.30. The summed E-state index contributed by atoms with van der Waals surface area (Å²) in [6.07, 6.45) is -2.58. The summed E-state index contributed by atoms with van der Waals surface area (Å²) >= 11 is 0. The van der Waals surface area contributed by atoms with Gasteiger partial charge < -0.3 is 5.11 Å². The fraction of sp³-hybridized carbons (Fsp3) is 0.208. The molecule has 0 aliphatic rings. The fourth-order valence-corrected chi connectivity index (χ4v) is 3.19. The number of benzene rings is 1. The molecule has 0 radical (unpaired) electrons. The van der Waals surface area contributed by atoms with Crippen LogP contribution in [0.5, 0.6) is 0 Å². The standard InChI is InChI=1S/C24H21F3N2O2/c1-14(2)10-20(23(30)31)18-11-21(16-6-8-19(9-7-16)24(25,26)27)29-22(12-18)17-5-4-15(3)28-13-17/h4-9,11-13,20H,1,10H2,2-3H3,(H,30,31). The van der Waals surface area contributed by atoms with Crippen LogP contribution >= 0.6 is 0 Å². The molecule has 0 saturated heterocycles. The first-order valence-electron chi connectivity index (χ1n) is 9.54. The zero-order chi connectivity index (χ0) is 22.8. The SMILES string of the molecule is C=C(C)CC(C(=O)O)c1cc(-c2ccc(C(F)(F)F)cc2)nc(-c2ccc(C)nc2)c1. The molecule has 0 saturated carbocycles. The van der Waals surface area contributed by atoms with E-state index in [1.807, 2.05) is 19.1 Å². The number of hydrogen-bond acceptors (Lipinski definition) is 3. The summed E-state index contributed by atoms with van der Waals surface area (Å²) in [5.74, 6) is -1.87. The Balaban J connectivity index is 2.15. The monoisotopic (exact) mass is 426 g/mol. The van der Waals surface area contributed by atoms with Crippen molar-refractivity contribution in [1.82, 2.24) is 9.97 Å². The number of aryl methyl sites for hydroxylation is 1. The quantitative estimate of drug-likeness (QED) is 0.472. The van der Waals surface area contributed by atoms with E-state index in [2.05, 4.69) is 16.5 Å². The van der Waals surface area contributed by atoms with E-state index in [9.17, 15) is 23.1 Å². The number of rotatable bonds is 6. The highest BCUT2D eigenvalue weighted by Crippen LogP contribution is 2.33. The van der Waals surface area contributed by atoms with Gasteiger partial charge in [-0.2, -0.15) is 13.2 Å². The topological polar surface area (TPSA) is 63.1 Å². The van der Waals surface area contributed by atoms with Crippen LogP contribution in [0, 0.1) is 6.92 Å². The maximum absolute atomic E-state index is 12.9. The molecule has 1 unspecified atom stereocenters. The number of carboxylic acid groups (broad SMARTS) is 1. The zero-order valence-electron chi connectivity index (χ0n) is 17.1. The number of carbonyl (C=O) groups is 1. The number of nitrogens with zero attached hydrogens (tertiary/aromatic N) is 2. The van der Waals surface area contributed by atoms with E-state index < -0.39 is 23.6 Å². The number of halogens is 3. The molecule has 1 aromatic carbocycles. The first-order chi connectivity index (χ1) is 14.5. The Bertz CT molecular complexity index is 1110. The van der Waals surface area contributed by atoms with Crippen molar-refractivity contribution in [2.45, 2.75) is 32.4 Å². The number of alkyl halides is 3. The van der Waals surface area contributed by atoms with Crippen LogP contribution in [0.3, 0.4) is 0 Å². The van der Waals surface area contributed by atoms with Gasteiger partial charge in [0.05, 0.1) is 22.9 Å². The molecular formula is C24H21F3N2O2. The van der Waals surface area contributed by atoms with Crippen molar-refractivity contribution in [1.29, 1.82) is 0 Å². The van der Waals surface area contributed by atoms with E-state index in [-0.39, 0.29) is 6.42 Å². The van der Waals surface area contributed by atoms with Gasteiger partial charge in [-0.05, 0) is 62.2 Å². The van der Waals surface area contributed by atoms with Crippen molar-refractivity contribution in [3.05, 3.63) is 83.7 Å². The lowest BCUT2D eigenvalue weighted by atomic mass is 9.91. The Labute approximate surface area is 178 Å². The number of allylic oxidation sites excluding steroid dienone is 1. The average Bonchev–Trinajstić information content (AvgIpc) is 2.71. The third kappa shape index (κ3) is 5.36. The van der Waals surface area contributed by atoms with Gasteiger partial charge in [0, 0.05) is 23.0 Å². The predicted molar refractivity (Wildman–Crippen MR) is 112 cm³/mol.